The van der Waals surface area contributed by atoms with Gasteiger partial charge < -0.3 is 9.64 Å². The van der Waals surface area contributed by atoms with Crippen LogP contribution in [0.4, 0.5) is 10.5 Å². The molecule has 2 amide bonds. The number of aromatic nitrogens is 2. The summed E-state index contributed by atoms with van der Waals surface area (Å²) in [6, 6.07) is 6.15. The van der Waals surface area contributed by atoms with E-state index in [0.29, 0.717) is 35.9 Å². The Morgan fingerprint density at radius 3 is 2.47 bits per heavy atom. The Hall–Kier alpha value is -2.58. The van der Waals surface area contributed by atoms with Gasteiger partial charge in [0, 0.05) is 30.2 Å². The molecule has 2 atom stereocenters. The number of carbonyl (C=O) groups is 2. The van der Waals surface area contributed by atoms with Crippen molar-refractivity contribution in [3.8, 4) is 5.69 Å². The number of halogens is 1. The van der Waals surface area contributed by atoms with Crippen LogP contribution in [0.3, 0.4) is 0 Å². The minimum atomic E-state index is -0.637. The number of nitrogens with zero attached hydrogens (tertiary/aromatic N) is 5. The van der Waals surface area contributed by atoms with E-state index in [1.807, 2.05) is 36.3 Å². The van der Waals surface area contributed by atoms with Gasteiger partial charge in [-0.05, 0) is 58.9 Å². The Kier molecular flexibility index (Phi) is 4.98. The fourth-order valence-corrected chi connectivity index (χ4v) is 5.16. The van der Waals surface area contributed by atoms with Gasteiger partial charge in [-0.15, -0.1) is 0 Å². The quantitative estimate of drug-likeness (QED) is 0.610. The van der Waals surface area contributed by atoms with Gasteiger partial charge in [-0.3, -0.25) is 14.4 Å². The summed E-state index contributed by atoms with van der Waals surface area (Å²) in [6.07, 6.45) is 3.84. The third-order valence-corrected chi connectivity index (χ3v) is 6.84. The predicted octanol–water partition coefficient (Wildman–Crippen LogP) is 3.70. The first kappa shape index (κ1) is 21.3. The van der Waals surface area contributed by atoms with Crippen molar-refractivity contribution in [3.05, 3.63) is 40.9 Å². The second-order valence-corrected chi connectivity index (χ2v) is 10.3. The highest BCUT2D eigenvalue weighted by atomic mass is 35.5. The summed E-state index contributed by atoms with van der Waals surface area (Å²) in [5.41, 5.74) is 1.72. The van der Waals surface area contributed by atoms with Gasteiger partial charge in [0.05, 0.1) is 23.6 Å². The molecule has 170 valence electrons. The maximum absolute atomic E-state index is 13.7. The lowest BCUT2D eigenvalue weighted by Crippen LogP contribution is -2.57. The molecule has 0 N–H and O–H groups in total. The number of imidazole rings is 1. The van der Waals surface area contributed by atoms with Crippen LogP contribution >= 0.6 is 11.6 Å². The molecule has 2 saturated heterocycles. The fraction of sp³-hybridized carbons (Fsp3) is 0.522. The van der Waals surface area contributed by atoms with Crippen molar-refractivity contribution in [3.63, 3.8) is 0 Å². The zero-order valence-corrected chi connectivity index (χ0v) is 19.6. The van der Waals surface area contributed by atoms with Gasteiger partial charge in [-0.1, -0.05) is 11.6 Å². The van der Waals surface area contributed by atoms with E-state index < -0.39 is 11.6 Å². The van der Waals surface area contributed by atoms with E-state index in [9.17, 15) is 9.59 Å². The van der Waals surface area contributed by atoms with Crippen molar-refractivity contribution in [1.29, 1.82) is 0 Å². The van der Waals surface area contributed by atoms with Crippen molar-refractivity contribution in [2.75, 3.05) is 25.0 Å². The molecular formula is C23H28ClN5O3. The van der Waals surface area contributed by atoms with Crippen molar-refractivity contribution >= 4 is 29.3 Å². The van der Waals surface area contributed by atoms with Crippen LogP contribution in [0, 0.1) is 0 Å². The summed E-state index contributed by atoms with van der Waals surface area (Å²) >= 11 is 6.31. The topological polar surface area (TPSA) is 70.9 Å². The van der Waals surface area contributed by atoms with Crippen LogP contribution in [0.1, 0.15) is 49.8 Å². The molecular weight excluding hydrogens is 430 g/mol. The third kappa shape index (κ3) is 3.55. The van der Waals surface area contributed by atoms with Gasteiger partial charge in [0.15, 0.2) is 5.69 Å². The molecule has 2 bridgehead atoms. The molecule has 32 heavy (non-hydrogen) atoms. The zero-order chi connectivity index (χ0) is 22.8. The lowest BCUT2D eigenvalue weighted by molar-refractivity contribution is 0.00619. The highest BCUT2D eigenvalue weighted by molar-refractivity contribution is 6.31. The van der Waals surface area contributed by atoms with Crippen LogP contribution in [0.15, 0.2) is 24.5 Å². The van der Waals surface area contributed by atoms with E-state index in [4.69, 9.17) is 16.3 Å². The molecule has 9 heteroatoms. The molecule has 1 aromatic heterocycles. The number of amides is 2. The summed E-state index contributed by atoms with van der Waals surface area (Å²) in [4.78, 5) is 37.0. The van der Waals surface area contributed by atoms with Crippen LogP contribution in [0.5, 0.6) is 0 Å². The zero-order valence-electron chi connectivity index (χ0n) is 18.8. The van der Waals surface area contributed by atoms with Crippen LogP contribution in [-0.4, -0.2) is 69.2 Å². The smallest absolute Gasteiger partial charge is 0.359 e. The number of ether oxygens (including phenoxy) is 1. The Balaban J connectivity index is 1.51. The van der Waals surface area contributed by atoms with Crippen molar-refractivity contribution in [2.24, 2.45) is 0 Å². The normalized spacial score (nSPS) is 22.5. The number of hydrogen-bond donors (Lipinski definition) is 0. The maximum Gasteiger partial charge on any atom is 0.359 e. The Bertz CT molecular complexity index is 1080. The molecule has 0 unspecified atom stereocenters. The minimum absolute atomic E-state index is 0.0684. The van der Waals surface area contributed by atoms with Crippen LogP contribution in [0.2, 0.25) is 5.02 Å². The number of carbonyl (C=O) groups excluding carboxylic acids is 2. The summed E-state index contributed by atoms with van der Waals surface area (Å²) in [5, 5.41) is 0.552. The number of fused-ring (bicyclic) bond motifs is 5. The van der Waals surface area contributed by atoms with Gasteiger partial charge in [-0.25, -0.2) is 14.6 Å². The SMILES string of the molecule is CN1[C@@H]2CC[C@H]1CN(C(=O)N1Cc3c(C(=O)OC(C)(C)C)ncn3-c3ccc(Cl)cc31)C2. The van der Waals surface area contributed by atoms with E-state index in [1.54, 1.807) is 23.4 Å². The lowest BCUT2D eigenvalue weighted by atomic mass is 10.1. The molecule has 2 aromatic rings. The summed E-state index contributed by atoms with van der Waals surface area (Å²) in [6.45, 7) is 7.10. The van der Waals surface area contributed by atoms with E-state index >= 15 is 0 Å². The average Bonchev–Trinajstić information content (AvgIpc) is 3.21. The van der Waals surface area contributed by atoms with Crippen molar-refractivity contribution in [2.45, 2.75) is 57.8 Å². The predicted molar refractivity (Wildman–Crippen MR) is 121 cm³/mol. The number of anilines is 1. The lowest BCUT2D eigenvalue weighted by Gasteiger charge is -2.42. The average molecular weight is 458 g/mol. The Morgan fingerprint density at radius 1 is 1.12 bits per heavy atom. The minimum Gasteiger partial charge on any atom is -0.455 e. The molecule has 3 aliphatic heterocycles. The first-order valence-corrected chi connectivity index (χ1v) is 11.4. The van der Waals surface area contributed by atoms with Gasteiger partial charge >= 0.3 is 12.0 Å². The number of esters is 1. The summed E-state index contributed by atoms with van der Waals surface area (Å²) in [5.74, 6) is -0.492. The number of hydrogen-bond acceptors (Lipinski definition) is 5. The monoisotopic (exact) mass is 457 g/mol. The number of likely N-dealkylation sites (N-methyl/N-ethyl adjacent to an activating group) is 1. The molecule has 0 radical (unpaired) electrons. The summed E-state index contributed by atoms with van der Waals surface area (Å²) in [7, 11) is 2.14. The second-order valence-electron chi connectivity index (χ2n) is 9.87. The van der Waals surface area contributed by atoms with Gasteiger partial charge in [0.25, 0.3) is 0 Å². The van der Waals surface area contributed by atoms with Gasteiger partial charge in [0.2, 0.25) is 0 Å². The molecule has 2 fully saturated rings. The first-order chi connectivity index (χ1) is 15.1. The van der Waals surface area contributed by atoms with Gasteiger partial charge in [0.1, 0.15) is 11.9 Å². The number of rotatable bonds is 1. The van der Waals surface area contributed by atoms with Gasteiger partial charge in [-0.2, -0.15) is 0 Å². The fourth-order valence-electron chi connectivity index (χ4n) is 4.99. The maximum atomic E-state index is 13.7. The van der Waals surface area contributed by atoms with Crippen LogP contribution < -0.4 is 4.90 Å². The molecule has 8 nitrogen and oxygen atoms in total. The van der Waals surface area contributed by atoms with E-state index in [1.165, 1.54) is 0 Å². The Labute approximate surface area is 192 Å². The van der Waals surface area contributed by atoms with Crippen LogP contribution in [-0.2, 0) is 11.3 Å². The second kappa shape index (κ2) is 7.49. The number of likely N-dealkylation sites (tertiary alicyclic amines) is 1. The third-order valence-electron chi connectivity index (χ3n) is 6.60. The molecule has 5 rings (SSSR count). The van der Waals surface area contributed by atoms with Crippen molar-refractivity contribution in [1.82, 2.24) is 19.4 Å². The largest absolute Gasteiger partial charge is 0.455 e. The highest BCUT2D eigenvalue weighted by Crippen LogP contribution is 2.37. The van der Waals surface area contributed by atoms with Crippen molar-refractivity contribution < 1.29 is 14.3 Å². The Morgan fingerprint density at radius 2 is 1.81 bits per heavy atom. The molecule has 4 heterocycles. The first-order valence-electron chi connectivity index (χ1n) is 11.0. The number of benzene rings is 1. The molecule has 0 spiro atoms. The van der Waals surface area contributed by atoms with E-state index in [2.05, 4.69) is 16.9 Å². The van der Waals surface area contributed by atoms with E-state index in [-0.39, 0.29) is 18.3 Å². The highest BCUT2D eigenvalue weighted by Gasteiger charge is 2.42. The van der Waals surface area contributed by atoms with E-state index in [0.717, 1.165) is 24.2 Å². The number of piperazine rings is 1. The molecule has 3 aliphatic rings. The molecule has 0 saturated carbocycles. The van der Waals surface area contributed by atoms with Crippen LogP contribution in [0.25, 0.3) is 5.69 Å². The molecule has 1 aromatic carbocycles. The standard InChI is InChI=1S/C23H28ClN5O3/c1-23(2,3)32-21(30)20-19-12-28(18-9-14(24)5-8-17(18)29(19)13-25-20)22(31)27-10-15-6-7-16(11-27)26(15)4/h5,8-9,13,15-16H,6-7,10-12H2,1-4H3/t15-,16+. The number of urea groups is 1. The molecule has 0 aliphatic carbocycles. The summed E-state index contributed by atoms with van der Waals surface area (Å²) < 4.78 is 7.41.